The highest BCUT2D eigenvalue weighted by molar-refractivity contribution is 7.89. The molecule has 1 rings (SSSR count). The minimum atomic E-state index is -3.93. The highest BCUT2D eigenvalue weighted by Crippen LogP contribution is 2.28. The van der Waals surface area contributed by atoms with Crippen LogP contribution in [0.2, 0.25) is 0 Å². The van der Waals surface area contributed by atoms with Crippen LogP contribution in [0.4, 0.5) is 5.69 Å². The maximum atomic E-state index is 12.1. The second-order valence-corrected chi connectivity index (χ2v) is 5.53. The first kappa shape index (κ1) is 15.3. The van der Waals surface area contributed by atoms with E-state index in [1.807, 2.05) is 0 Å². The van der Waals surface area contributed by atoms with E-state index in [4.69, 9.17) is 10.5 Å². The number of non-ortho nitro benzene ring substituents is 1. The predicted octanol–water partition coefficient (Wildman–Crippen LogP) is 0.229. The number of hydrogen-bond donors (Lipinski definition) is 2. The van der Waals surface area contributed by atoms with E-state index in [1.165, 1.54) is 19.2 Å². The van der Waals surface area contributed by atoms with Gasteiger partial charge in [-0.25, -0.2) is 13.1 Å². The van der Waals surface area contributed by atoms with Crippen molar-refractivity contribution in [1.29, 1.82) is 0 Å². The van der Waals surface area contributed by atoms with Gasteiger partial charge in [0, 0.05) is 24.7 Å². The van der Waals surface area contributed by atoms with Crippen molar-refractivity contribution in [1.82, 2.24) is 4.72 Å². The minimum absolute atomic E-state index is 0.0299. The van der Waals surface area contributed by atoms with Crippen LogP contribution in [-0.2, 0) is 10.0 Å². The molecule has 0 bridgehead atoms. The van der Waals surface area contributed by atoms with E-state index in [1.54, 1.807) is 6.92 Å². The number of nitro groups is 1. The summed E-state index contributed by atoms with van der Waals surface area (Å²) < 4.78 is 31.4. The van der Waals surface area contributed by atoms with E-state index in [0.717, 1.165) is 6.07 Å². The van der Waals surface area contributed by atoms with Crippen LogP contribution in [0.25, 0.3) is 0 Å². The molecule has 0 unspecified atom stereocenters. The average Bonchev–Trinajstić information content (AvgIpc) is 2.37. The third kappa shape index (κ3) is 3.63. The molecule has 0 aliphatic heterocycles. The van der Waals surface area contributed by atoms with E-state index in [9.17, 15) is 18.5 Å². The van der Waals surface area contributed by atoms with Crippen LogP contribution < -0.4 is 15.2 Å². The molecular weight excluding hydrogens is 274 g/mol. The van der Waals surface area contributed by atoms with Crippen molar-refractivity contribution in [2.45, 2.75) is 17.9 Å². The van der Waals surface area contributed by atoms with Crippen molar-refractivity contribution < 1.29 is 18.1 Å². The zero-order valence-electron chi connectivity index (χ0n) is 10.5. The van der Waals surface area contributed by atoms with Gasteiger partial charge in [0.2, 0.25) is 10.0 Å². The third-order valence-electron chi connectivity index (χ3n) is 2.36. The van der Waals surface area contributed by atoms with Gasteiger partial charge in [-0.05, 0) is 13.0 Å². The van der Waals surface area contributed by atoms with Crippen molar-refractivity contribution in [3.8, 4) is 5.75 Å². The fourth-order valence-corrected chi connectivity index (χ4v) is 2.81. The SMILES string of the molecule is COc1ccc([N+](=O)[O-])cc1S(=O)(=O)N[C@@H](C)CN. The Kier molecular flexibility index (Phi) is 4.81. The Bertz CT molecular complexity index is 573. The standard InChI is InChI=1S/C10H15N3O5S/c1-7(6-11)12-19(16,17)10-5-8(13(14)15)3-4-9(10)18-2/h3-5,7,12H,6,11H2,1-2H3/t7-/m0/s1. The largest absolute Gasteiger partial charge is 0.495 e. The second-order valence-electron chi connectivity index (χ2n) is 3.85. The lowest BCUT2D eigenvalue weighted by atomic mass is 10.3. The summed E-state index contributed by atoms with van der Waals surface area (Å²) in [6.07, 6.45) is 0. The molecule has 1 aromatic rings. The Labute approximate surface area is 110 Å². The number of nitrogens with zero attached hydrogens (tertiary/aromatic N) is 1. The van der Waals surface area contributed by atoms with E-state index >= 15 is 0 Å². The highest BCUT2D eigenvalue weighted by Gasteiger charge is 2.24. The summed E-state index contributed by atoms with van der Waals surface area (Å²) in [5.41, 5.74) is 5.01. The van der Waals surface area contributed by atoms with Gasteiger partial charge in [-0.15, -0.1) is 0 Å². The Balaban J connectivity index is 3.30. The molecule has 1 aromatic carbocycles. The Morgan fingerprint density at radius 2 is 2.16 bits per heavy atom. The molecule has 0 saturated heterocycles. The first-order chi connectivity index (χ1) is 8.81. The van der Waals surface area contributed by atoms with Crippen molar-refractivity contribution in [3.05, 3.63) is 28.3 Å². The molecule has 106 valence electrons. The Morgan fingerprint density at radius 3 is 2.63 bits per heavy atom. The number of nitrogens with one attached hydrogen (secondary N) is 1. The van der Waals surface area contributed by atoms with Gasteiger partial charge in [0.05, 0.1) is 12.0 Å². The van der Waals surface area contributed by atoms with Crippen LogP contribution in [0.3, 0.4) is 0 Å². The van der Waals surface area contributed by atoms with Crippen LogP contribution in [0.15, 0.2) is 23.1 Å². The van der Waals surface area contributed by atoms with E-state index in [2.05, 4.69) is 4.72 Å². The summed E-state index contributed by atoms with van der Waals surface area (Å²) >= 11 is 0. The van der Waals surface area contributed by atoms with Gasteiger partial charge in [0.1, 0.15) is 10.6 Å². The molecule has 0 aliphatic carbocycles. The fourth-order valence-electron chi connectivity index (χ4n) is 1.37. The molecule has 8 nitrogen and oxygen atoms in total. The van der Waals surface area contributed by atoms with Gasteiger partial charge < -0.3 is 10.5 Å². The lowest BCUT2D eigenvalue weighted by molar-refractivity contribution is -0.385. The third-order valence-corrected chi connectivity index (χ3v) is 3.97. The molecular formula is C10H15N3O5S. The van der Waals surface area contributed by atoms with Crippen LogP contribution in [-0.4, -0.2) is 33.0 Å². The molecule has 0 aliphatic rings. The molecule has 9 heteroatoms. The van der Waals surface area contributed by atoms with Crippen molar-refractivity contribution in [2.24, 2.45) is 5.73 Å². The van der Waals surface area contributed by atoms with Crippen LogP contribution >= 0.6 is 0 Å². The number of sulfonamides is 1. The number of nitrogens with two attached hydrogens (primary N) is 1. The number of methoxy groups -OCH3 is 1. The molecule has 3 N–H and O–H groups in total. The molecule has 0 amide bonds. The maximum Gasteiger partial charge on any atom is 0.271 e. The lowest BCUT2D eigenvalue weighted by Gasteiger charge is -2.14. The van der Waals surface area contributed by atoms with Crippen molar-refractivity contribution in [3.63, 3.8) is 0 Å². The molecule has 0 saturated carbocycles. The zero-order valence-corrected chi connectivity index (χ0v) is 11.3. The fraction of sp³-hybridized carbons (Fsp3) is 0.400. The molecule has 1 atom stereocenters. The summed E-state index contributed by atoms with van der Waals surface area (Å²) in [5, 5.41) is 10.7. The summed E-state index contributed by atoms with van der Waals surface area (Å²) in [4.78, 5) is 9.72. The first-order valence-corrected chi connectivity index (χ1v) is 6.85. The number of rotatable bonds is 6. The highest BCUT2D eigenvalue weighted by atomic mass is 32.2. The molecule has 0 heterocycles. The van der Waals surface area contributed by atoms with Crippen molar-refractivity contribution >= 4 is 15.7 Å². The van der Waals surface area contributed by atoms with Gasteiger partial charge in [0.15, 0.2) is 0 Å². The topological polar surface area (TPSA) is 125 Å². The molecule has 19 heavy (non-hydrogen) atoms. The Hall–Kier alpha value is -1.71. The summed E-state index contributed by atoms with van der Waals surface area (Å²) in [6.45, 7) is 1.69. The molecule has 0 radical (unpaired) electrons. The van der Waals surface area contributed by atoms with Crippen molar-refractivity contribution in [2.75, 3.05) is 13.7 Å². The number of hydrogen-bond acceptors (Lipinski definition) is 6. The van der Waals surface area contributed by atoms with Crippen LogP contribution in [0.1, 0.15) is 6.92 Å². The summed E-state index contributed by atoms with van der Waals surface area (Å²) in [5.74, 6) is 0.0299. The molecule has 0 spiro atoms. The van der Waals surface area contributed by atoms with Crippen LogP contribution in [0, 0.1) is 10.1 Å². The van der Waals surface area contributed by atoms with Gasteiger partial charge in [-0.3, -0.25) is 10.1 Å². The van der Waals surface area contributed by atoms with Gasteiger partial charge >= 0.3 is 0 Å². The quantitative estimate of drug-likeness (QED) is 0.570. The molecule has 0 fully saturated rings. The van der Waals surface area contributed by atoms with Gasteiger partial charge in [-0.1, -0.05) is 0 Å². The smallest absolute Gasteiger partial charge is 0.271 e. The van der Waals surface area contributed by atoms with Crippen LogP contribution in [0.5, 0.6) is 5.75 Å². The summed E-state index contributed by atoms with van der Waals surface area (Å²) in [7, 11) is -2.65. The average molecular weight is 289 g/mol. The number of ether oxygens (including phenoxy) is 1. The minimum Gasteiger partial charge on any atom is -0.495 e. The number of benzene rings is 1. The monoisotopic (exact) mass is 289 g/mol. The normalized spacial score (nSPS) is 13.0. The number of nitro benzene ring substituents is 1. The van der Waals surface area contributed by atoms with E-state index in [-0.39, 0.29) is 22.9 Å². The zero-order chi connectivity index (χ0) is 14.6. The maximum absolute atomic E-state index is 12.1. The van der Waals surface area contributed by atoms with E-state index < -0.39 is 21.0 Å². The molecule has 0 aromatic heterocycles. The van der Waals surface area contributed by atoms with E-state index in [0.29, 0.717) is 0 Å². The first-order valence-electron chi connectivity index (χ1n) is 5.36. The lowest BCUT2D eigenvalue weighted by Crippen LogP contribution is -2.37. The van der Waals surface area contributed by atoms with Gasteiger partial charge in [0.25, 0.3) is 5.69 Å². The van der Waals surface area contributed by atoms with Gasteiger partial charge in [-0.2, -0.15) is 0 Å². The Morgan fingerprint density at radius 1 is 1.53 bits per heavy atom. The summed E-state index contributed by atoms with van der Waals surface area (Å²) in [6, 6.07) is 2.86. The second kappa shape index (κ2) is 5.95. The predicted molar refractivity (Wildman–Crippen MR) is 68.5 cm³/mol.